The van der Waals surface area contributed by atoms with E-state index in [9.17, 15) is 19.1 Å². The number of halogens is 1. The standard InChI is InChI=1S/C23H19FN2O6/c1-12-10-18(25-32-12)26-20(14-6-4-5-7-15(14)24)19(22(28)23(26)29)21(27)13-8-9-16(30-2)17(11-13)31-3/h4-11,20,27H,1-3H3/b21-19-. The number of amides is 1. The van der Waals surface area contributed by atoms with E-state index in [4.69, 9.17) is 14.0 Å². The summed E-state index contributed by atoms with van der Waals surface area (Å²) in [4.78, 5) is 27.0. The average molecular weight is 438 g/mol. The number of rotatable bonds is 5. The van der Waals surface area contributed by atoms with Crippen LogP contribution in [0.25, 0.3) is 5.76 Å². The van der Waals surface area contributed by atoms with Crippen molar-refractivity contribution in [2.75, 3.05) is 19.1 Å². The number of Topliss-reactive ketones (excluding diaryl/α,β-unsaturated/α-hetero) is 1. The number of ketones is 1. The van der Waals surface area contributed by atoms with Crippen molar-refractivity contribution < 1.29 is 33.1 Å². The van der Waals surface area contributed by atoms with Crippen LogP contribution in [-0.2, 0) is 9.59 Å². The SMILES string of the molecule is COc1ccc(/C(O)=C2/C(=O)C(=O)N(c3cc(C)on3)C2c2ccccc2F)cc1OC. The van der Waals surface area contributed by atoms with E-state index < -0.39 is 29.3 Å². The number of hydrogen-bond acceptors (Lipinski definition) is 7. The Morgan fingerprint density at radius 1 is 1.09 bits per heavy atom. The lowest BCUT2D eigenvalue weighted by atomic mass is 9.95. The molecule has 0 bridgehead atoms. The van der Waals surface area contributed by atoms with E-state index in [0.717, 1.165) is 4.90 Å². The monoisotopic (exact) mass is 438 g/mol. The van der Waals surface area contributed by atoms with Crippen LogP contribution in [0.3, 0.4) is 0 Å². The number of aryl methyl sites for hydroxylation is 1. The molecule has 1 aromatic heterocycles. The molecular formula is C23H19FN2O6. The second kappa shape index (κ2) is 8.18. The first-order valence-corrected chi connectivity index (χ1v) is 9.58. The molecule has 0 aliphatic carbocycles. The van der Waals surface area contributed by atoms with Crippen molar-refractivity contribution >= 4 is 23.3 Å². The minimum absolute atomic E-state index is 0.0226. The summed E-state index contributed by atoms with van der Waals surface area (Å²) in [6.45, 7) is 1.62. The van der Waals surface area contributed by atoms with E-state index in [1.165, 1.54) is 50.6 Å². The largest absolute Gasteiger partial charge is 0.507 e. The number of hydrogen-bond donors (Lipinski definition) is 1. The van der Waals surface area contributed by atoms with Gasteiger partial charge in [0.15, 0.2) is 17.3 Å². The highest BCUT2D eigenvalue weighted by Gasteiger charge is 2.49. The minimum Gasteiger partial charge on any atom is -0.507 e. The summed E-state index contributed by atoms with van der Waals surface area (Å²) in [5.74, 6) is -1.94. The molecule has 1 N–H and O–H groups in total. The van der Waals surface area contributed by atoms with Gasteiger partial charge in [0.1, 0.15) is 17.3 Å². The topological polar surface area (TPSA) is 102 Å². The number of methoxy groups -OCH3 is 2. The van der Waals surface area contributed by atoms with Crippen LogP contribution in [0.15, 0.2) is 58.6 Å². The normalized spacial score (nSPS) is 17.6. The summed E-state index contributed by atoms with van der Waals surface area (Å²) >= 11 is 0. The van der Waals surface area contributed by atoms with Gasteiger partial charge in [-0.2, -0.15) is 0 Å². The predicted octanol–water partition coefficient (Wildman–Crippen LogP) is 3.77. The molecule has 3 aromatic rings. The van der Waals surface area contributed by atoms with Crippen molar-refractivity contribution in [3.8, 4) is 11.5 Å². The smallest absolute Gasteiger partial charge is 0.301 e. The van der Waals surface area contributed by atoms with Crippen molar-refractivity contribution in [3.05, 3.63) is 76.8 Å². The molecule has 1 aliphatic rings. The first-order chi connectivity index (χ1) is 15.4. The highest BCUT2D eigenvalue weighted by atomic mass is 19.1. The lowest BCUT2D eigenvalue weighted by Crippen LogP contribution is -2.30. The molecule has 164 valence electrons. The van der Waals surface area contributed by atoms with Crippen LogP contribution in [0.1, 0.15) is 22.9 Å². The van der Waals surface area contributed by atoms with Gasteiger partial charge in [0.25, 0.3) is 5.78 Å². The van der Waals surface area contributed by atoms with Gasteiger partial charge in [0.2, 0.25) is 0 Å². The number of aliphatic hydroxyl groups is 1. The first kappa shape index (κ1) is 21.1. The van der Waals surface area contributed by atoms with Crippen molar-refractivity contribution in [3.63, 3.8) is 0 Å². The van der Waals surface area contributed by atoms with Crippen LogP contribution in [0.4, 0.5) is 10.2 Å². The summed E-state index contributed by atoms with van der Waals surface area (Å²) < 4.78 is 30.3. The maximum atomic E-state index is 14.8. The van der Waals surface area contributed by atoms with Gasteiger partial charge < -0.3 is 19.1 Å². The Morgan fingerprint density at radius 2 is 1.81 bits per heavy atom. The summed E-state index contributed by atoms with van der Waals surface area (Å²) in [7, 11) is 2.88. The number of carbonyl (C=O) groups is 2. The molecule has 1 amide bonds. The molecule has 32 heavy (non-hydrogen) atoms. The quantitative estimate of drug-likeness (QED) is 0.368. The Hall–Kier alpha value is -4.14. The predicted molar refractivity (Wildman–Crippen MR) is 112 cm³/mol. The number of aliphatic hydroxyl groups excluding tert-OH is 1. The zero-order valence-corrected chi connectivity index (χ0v) is 17.5. The molecule has 1 fully saturated rings. The average Bonchev–Trinajstić information content (AvgIpc) is 3.33. The highest BCUT2D eigenvalue weighted by Crippen LogP contribution is 2.43. The molecule has 0 saturated carbocycles. The van der Waals surface area contributed by atoms with Gasteiger partial charge in [-0.1, -0.05) is 23.4 Å². The number of nitrogens with zero attached hydrogens (tertiary/aromatic N) is 2. The molecular weight excluding hydrogens is 419 g/mol. The Labute approximate surface area is 182 Å². The number of carbonyl (C=O) groups excluding carboxylic acids is 2. The number of anilines is 1. The van der Waals surface area contributed by atoms with Crippen LogP contribution in [0.2, 0.25) is 0 Å². The van der Waals surface area contributed by atoms with E-state index >= 15 is 0 Å². The zero-order chi connectivity index (χ0) is 23.0. The third-order valence-corrected chi connectivity index (χ3v) is 5.16. The summed E-state index contributed by atoms with van der Waals surface area (Å²) in [6, 6.07) is 10.4. The van der Waals surface area contributed by atoms with E-state index in [-0.39, 0.29) is 22.5 Å². The lowest BCUT2D eigenvalue weighted by molar-refractivity contribution is -0.132. The summed E-state index contributed by atoms with van der Waals surface area (Å²) in [5, 5.41) is 14.9. The van der Waals surface area contributed by atoms with E-state index in [2.05, 4.69) is 5.16 Å². The lowest BCUT2D eigenvalue weighted by Gasteiger charge is -2.23. The fourth-order valence-corrected chi connectivity index (χ4v) is 3.67. The number of benzene rings is 2. The van der Waals surface area contributed by atoms with E-state index in [1.807, 2.05) is 0 Å². The van der Waals surface area contributed by atoms with Gasteiger partial charge in [-0.25, -0.2) is 4.39 Å². The van der Waals surface area contributed by atoms with Gasteiger partial charge >= 0.3 is 5.91 Å². The van der Waals surface area contributed by atoms with Crippen LogP contribution in [0.5, 0.6) is 11.5 Å². The van der Waals surface area contributed by atoms with Crippen molar-refractivity contribution in [1.82, 2.24) is 5.16 Å². The maximum Gasteiger partial charge on any atom is 0.301 e. The summed E-state index contributed by atoms with van der Waals surface area (Å²) in [5.41, 5.74) is -0.0688. The molecule has 1 atom stereocenters. The maximum absolute atomic E-state index is 14.8. The van der Waals surface area contributed by atoms with Crippen LogP contribution in [-0.4, -0.2) is 36.2 Å². The summed E-state index contributed by atoms with van der Waals surface area (Å²) in [6.07, 6.45) is 0. The Kier molecular flexibility index (Phi) is 5.40. The minimum atomic E-state index is -1.26. The second-order valence-corrected chi connectivity index (χ2v) is 7.06. The molecule has 0 radical (unpaired) electrons. The van der Waals surface area contributed by atoms with Crippen molar-refractivity contribution in [2.45, 2.75) is 13.0 Å². The van der Waals surface area contributed by atoms with Crippen molar-refractivity contribution in [2.24, 2.45) is 0 Å². The van der Waals surface area contributed by atoms with E-state index in [1.54, 1.807) is 19.1 Å². The molecule has 1 saturated heterocycles. The van der Waals surface area contributed by atoms with Gasteiger partial charge in [-0.3, -0.25) is 14.5 Å². The molecule has 0 spiro atoms. The van der Waals surface area contributed by atoms with Gasteiger partial charge in [-0.05, 0) is 31.2 Å². The third-order valence-electron chi connectivity index (χ3n) is 5.16. The number of ether oxygens (including phenoxy) is 2. The molecule has 4 rings (SSSR count). The Balaban J connectivity index is 1.96. The molecule has 2 aromatic carbocycles. The van der Waals surface area contributed by atoms with Gasteiger partial charge in [0, 0.05) is 17.2 Å². The van der Waals surface area contributed by atoms with Crippen molar-refractivity contribution in [1.29, 1.82) is 0 Å². The fraction of sp³-hybridized carbons (Fsp3) is 0.174. The molecule has 2 heterocycles. The Morgan fingerprint density at radius 3 is 2.44 bits per heavy atom. The third kappa shape index (κ3) is 3.37. The van der Waals surface area contributed by atoms with E-state index in [0.29, 0.717) is 17.3 Å². The molecule has 9 heteroatoms. The van der Waals surface area contributed by atoms with Gasteiger partial charge in [0.05, 0.1) is 25.8 Å². The van der Waals surface area contributed by atoms with Gasteiger partial charge in [-0.15, -0.1) is 0 Å². The zero-order valence-electron chi connectivity index (χ0n) is 17.5. The molecule has 1 unspecified atom stereocenters. The van der Waals surface area contributed by atoms with Crippen LogP contribution >= 0.6 is 0 Å². The number of aromatic nitrogens is 1. The fourth-order valence-electron chi connectivity index (χ4n) is 3.67. The second-order valence-electron chi connectivity index (χ2n) is 7.06. The first-order valence-electron chi connectivity index (χ1n) is 9.58. The molecule has 8 nitrogen and oxygen atoms in total. The van der Waals surface area contributed by atoms with Crippen LogP contribution in [0, 0.1) is 12.7 Å². The highest BCUT2D eigenvalue weighted by molar-refractivity contribution is 6.51. The van der Waals surface area contributed by atoms with Crippen LogP contribution < -0.4 is 14.4 Å². The Bertz CT molecular complexity index is 1250. The molecule has 1 aliphatic heterocycles.